The van der Waals surface area contributed by atoms with Gasteiger partial charge in [-0.15, -0.1) is 22.7 Å². The molecule has 2 aromatic rings. The molecule has 0 aromatic carbocycles. The Labute approximate surface area is 194 Å². The van der Waals surface area contributed by atoms with E-state index >= 15 is 0 Å². The number of hydrogen-bond donors (Lipinski definition) is 0. The van der Waals surface area contributed by atoms with Crippen LogP contribution in [-0.4, -0.2) is 61.5 Å². The minimum Gasteiger partial charge on any atom is -0.462 e. The first-order chi connectivity index (χ1) is 15.6. The molecule has 0 radical (unpaired) electrons. The Morgan fingerprint density at radius 2 is 1.28 bits per heavy atom. The van der Waals surface area contributed by atoms with E-state index in [9.17, 15) is 9.59 Å². The smallest absolute Gasteiger partial charge is 0.349 e. The lowest BCUT2D eigenvalue weighted by molar-refractivity contribution is 0.0522. The number of nitrogens with zero attached hydrogens (tertiary/aromatic N) is 2. The summed E-state index contributed by atoms with van der Waals surface area (Å²) >= 11 is 2.76. The third kappa shape index (κ3) is 6.80. The largest absolute Gasteiger partial charge is 0.462 e. The second kappa shape index (κ2) is 12.6. The van der Waals surface area contributed by atoms with Gasteiger partial charge in [-0.3, -0.25) is 0 Å². The summed E-state index contributed by atoms with van der Waals surface area (Å²) in [6.07, 6.45) is 8.89. The Hall–Kier alpha value is -2.40. The summed E-state index contributed by atoms with van der Waals surface area (Å²) in [5.41, 5.74) is 2.32. The fourth-order valence-electron chi connectivity index (χ4n) is 2.88. The average Bonchev–Trinajstić information content (AvgIpc) is 3.52. The van der Waals surface area contributed by atoms with Crippen molar-refractivity contribution in [3.8, 4) is 0 Å². The molecule has 172 valence electrons. The molecule has 2 aliphatic rings. The van der Waals surface area contributed by atoms with Crippen molar-refractivity contribution in [2.75, 3.05) is 39.6 Å². The quantitative estimate of drug-likeness (QED) is 0.569. The zero-order valence-electron chi connectivity index (χ0n) is 18.1. The fourth-order valence-corrected chi connectivity index (χ4v) is 4.64. The molecular weight excluding hydrogens is 452 g/mol. The van der Waals surface area contributed by atoms with E-state index in [2.05, 4.69) is 9.97 Å². The van der Waals surface area contributed by atoms with Crippen molar-refractivity contribution < 1.29 is 28.5 Å². The summed E-state index contributed by atoms with van der Waals surface area (Å²) < 4.78 is 20.3. The highest BCUT2D eigenvalue weighted by Gasteiger charge is 2.16. The van der Waals surface area contributed by atoms with Crippen molar-refractivity contribution in [3.05, 3.63) is 44.3 Å². The van der Waals surface area contributed by atoms with E-state index in [1.54, 1.807) is 26.2 Å². The van der Waals surface area contributed by atoms with Crippen LogP contribution in [0, 0.1) is 0 Å². The van der Waals surface area contributed by atoms with Gasteiger partial charge in [0, 0.05) is 0 Å². The molecule has 0 fully saturated rings. The van der Waals surface area contributed by atoms with Gasteiger partial charge in [-0.05, 0) is 37.8 Å². The van der Waals surface area contributed by atoms with Crippen LogP contribution in [0.15, 0.2) is 24.5 Å². The Bertz CT molecular complexity index is 900. The molecule has 4 heterocycles. The molecule has 0 spiro atoms. The standard InChI is InChI=1S/2C11H13NO3S/c2*1-2-15-11(13)9-7-12-10(16-9)8-3-5-14-6-4-8/h2*3,7H,2,4-6H2,1H3. The van der Waals surface area contributed by atoms with Crippen LogP contribution in [0.25, 0.3) is 11.1 Å². The number of rotatable bonds is 6. The zero-order valence-corrected chi connectivity index (χ0v) is 19.8. The van der Waals surface area contributed by atoms with Gasteiger partial charge in [-0.25, -0.2) is 19.6 Å². The van der Waals surface area contributed by atoms with Gasteiger partial charge in [0.05, 0.1) is 52.0 Å². The third-order valence-electron chi connectivity index (χ3n) is 4.44. The molecule has 0 saturated carbocycles. The highest BCUT2D eigenvalue weighted by Crippen LogP contribution is 2.27. The van der Waals surface area contributed by atoms with Crippen LogP contribution in [0.2, 0.25) is 0 Å². The van der Waals surface area contributed by atoms with E-state index in [1.165, 1.54) is 22.7 Å². The first-order valence-corrected chi connectivity index (χ1v) is 12.1. The van der Waals surface area contributed by atoms with Crippen LogP contribution in [0.1, 0.15) is 56.0 Å². The number of ether oxygens (including phenoxy) is 4. The highest BCUT2D eigenvalue weighted by molar-refractivity contribution is 7.14. The predicted octanol–water partition coefficient (Wildman–Crippen LogP) is 4.25. The van der Waals surface area contributed by atoms with Crippen molar-refractivity contribution >= 4 is 45.8 Å². The van der Waals surface area contributed by atoms with Crippen molar-refractivity contribution in [1.29, 1.82) is 0 Å². The predicted molar refractivity (Wildman–Crippen MR) is 123 cm³/mol. The number of carbonyl (C=O) groups is 2. The highest BCUT2D eigenvalue weighted by atomic mass is 32.1. The van der Waals surface area contributed by atoms with Crippen LogP contribution in [0.4, 0.5) is 0 Å². The van der Waals surface area contributed by atoms with Gasteiger partial charge in [0.15, 0.2) is 0 Å². The Morgan fingerprint density at radius 1 is 0.844 bits per heavy atom. The van der Waals surface area contributed by atoms with Gasteiger partial charge in [0.2, 0.25) is 0 Å². The summed E-state index contributed by atoms with van der Waals surface area (Å²) in [5.74, 6) is -0.585. The van der Waals surface area contributed by atoms with E-state index in [1.807, 2.05) is 12.2 Å². The average molecular weight is 479 g/mol. The van der Waals surface area contributed by atoms with Crippen molar-refractivity contribution in [1.82, 2.24) is 9.97 Å². The van der Waals surface area contributed by atoms with Crippen LogP contribution in [0.5, 0.6) is 0 Å². The van der Waals surface area contributed by atoms with Gasteiger partial charge >= 0.3 is 11.9 Å². The van der Waals surface area contributed by atoms with Gasteiger partial charge in [0.1, 0.15) is 19.8 Å². The van der Waals surface area contributed by atoms with Crippen molar-refractivity contribution in [2.24, 2.45) is 0 Å². The van der Waals surface area contributed by atoms with E-state index in [0.29, 0.717) is 36.2 Å². The third-order valence-corrected chi connectivity index (χ3v) is 6.55. The van der Waals surface area contributed by atoms with Crippen LogP contribution >= 0.6 is 22.7 Å². The molecule has 0 saturated heterocycles. The molecule has 0 amide bonds. The maximum atomic E-state index is 11.4. The number of carbonyl (C=O) groups excluding carboxylic acids is 2. The number of esters is 2. The molecule has 0 unspecified atom stereocenters. The Balaban J connectivity index is 0.000000181. The van der Waals surface area contributed by atoms with Gasteiger partial charge in [-0.1, -0.05) is 12.2 Å². The minimum atomic E-state index is -0.293. The van der Waals surface area contributed by atoms with E-state index < -0.39 is 0 Å². The number of thiazole rings is 2. The molecule has 8 nitrogen and oxygen atoms in total. The van der Waals surface area contributed by atoms with Crippen LogP contribution < -0.4 is 0 Å². The summed E-state index contributed by atoms with van der Waals surface area (Å²) in [5, 5.41) is 1.79. The van der Waals surface area contributed by atoms with Gasteiger partial charge in [0.25, 0.3) is 0 Å². The summed E-state index contributed by atoms with van der Waals surface area (Å²) in [4.78, 5) is 32.5. The SMILES string of the molecule is CCOC(=O)c1cnc(C2=CCOCC2)s1.CCOC(=O)c1cnc(C2=CCOCC2)s1. The normalized spacial score (nSPS) is 15.7. The Kier molecular flexibility index (Phi) is 9.54. The second-order valence-electron chi connectivity index (χ2n) is 6.61. The van der Waals surface area contributed by atoms with Gasteiger partial charge in [-0.2, -0.15) is 0 Å². The molecule has 0 atom stereocenters. The molecule has 0 aliphatic carbocycles. The molecule has 2 aliphatic heterocycles. The topological polar surface area (TPSA) is 96.8 Å². The molecule has 4 rings (SSSR count). The van der Waals surface area contributed by atoms with E-state index in [0.717, 1.165) is 47.2 Å². The number of aromatic nitrogens is 2. The van der Waals surface area contributed by atoms with E-state index in [-0.39, 0.29) is 11.9 Å². The summed E-state index contributed by atoms with van der Waals surface area (Å²) in [6, 6.07) is 0. The second-order valence-corrected chi connectivity index (χ2v) is 8.67. The minimum absolute atomic E-state index is 0.293. The molecular formula is C22H26N2O6S2. The zero-order chi connectivity index (χ0) is 22.8. The maximum Gasteiger partial charge on any atom is 0.349 e. The summed E-state index contributed by atoms with van der Waals surface area (Å²) in [7, 11) is 0. The molecule has 10 heteroatoms. The molecule has 2 aromatic heterocycles. The van der Waals surface area contributed by atoms with Gasteiger partial charge < -0.3 is 18.9 Å². The van der Waals surface area contributed by atoms with E-state index in [4.69, 9.17) is 18.9 Å². The number of hydrogen-bond acceptors (Lipinski definition) is 10. The monoisotopic (exact) mass is 478 g/mol. The Morgan fingerprint density at radius 3 is 1.62 bits per heavy atom. The van der Waals surface area contributed by atoms with Crippen LogP contribution in [0.3, 0.4) is 0 Å². The van der Waals surface area contributed by atoms with Crippen LogP contribution in [-0.2, 0) is 18.9 Å². The molecule has 0 bridgehead atoms. The summed E-state index contributed by atoms with van der Waals surface area (Å²) in [6.45, 7) is 7.07. The first-order valence-electron chi connectivity index (χ1n) is 10.4. The van der Waals surface area contributed by atoms with Crippen molar-refractivity contribution in [3.63, 3.8) is 0 Å². The first kappa shape index (κ1) is 24.2. The maximum absolute atomic E-state index is 11.4. The lowest BCUT2D eigenvalue weighted by atomic mass is 10.2. The molecule has 32 heavy (non-hydrogen) atoms. The lowest BCUT2D eigenvalue weighted by Crippen LogP contribution is -2.03. The fraction of sp³-hybridized carbons (Fsp3) is 0.455. The van der Waals surface area contributed by atoms with Crippen molar-refractivity contribution in [2.45, 2.75) is 26.7 Å². The molecule has 0 N–H and O–H groups in total. The lowest BCUT2D eigenvalue weighted by Gasteiger charge is -2.10.